The molecule has 2 aromatic rings. The van der Waals surface area contributed by atoms with E-state index < -0.39 is 40.1 Å². The number of aliphatic hydroxyl groups is 1. The van der Waals surface area contributed by atoms with Crippen LogP contribution in [-0.4, -0.2) is 61.3 Å². The second kappa shape index (κ2) is 12.2. The van der Waals surface area contributed by atoms with Crippen LogP contribution in [-0.2, 0) is 30.8 Å². The lowest BCUT2D eigenvalue weighted by Gasteiger charge is -2.22. The number of hydrogen-bond donors (Lipinski definition) is 1. The largest absolute Gasteiger partial charge is 0.466 e. The molecule has 0 spiro atoms. The van der Waals surface area contributed by atoms with E-state index in [-0.39, 0.29) is 37.7 Å². The number of ketones is 1. The number of anilines is 1. The van der Waals surface area contributed by atoms with Gasteiger partial charge in [-0.1, -0.05) is 13.8 Å². The van der Waals surface area contributed by atoms with Crippen molar-refractivity contribution < 1.29 is 32.2 Å². The number of sulfonamides is 1. The van der Waals surface area contributed by atoms with Crippen molar-refractivity contribution in [2.24, 2.45) is 0 Å². The van der Waals surface area contributed by atoms with Crippen LogP contribution in [0.1, 0.15) is 57.2 Å². The van der Waals surface area contributed by atoms with Gasteiger partial charge in [0.15, 0.2) is 0 Å². The van der Waals surface area contributed by atoms with E-state index in [0.717, 1.165) is 10.6 Å². The van der Waals surface area contributed by atoms with Gasteiger partial charge in [0.05, 0.1) is 30.4 Å². The highest BCUT2D eigenvalue weighted by molar-refractivity contribution is 7.92. The normalized spacial score (nSPS) is 12.5. The minimum atomic E-state index is -3.64. The second-order valence-electron chi connectivity index (χ2n) is 8.55. The maximum absolute atomic E-state index is 13.6. The number of carbonyl (C=O) groups is 2. The summed E-state index contributed by atoms with van der Waals surface area (Å²) in [6.45, 7) is 5.60. The molecule has 0 aliphatic rings. The van der Waals surface area contributed by atoms with E-state index in [2.05, 4.69) is 9.97 Å². The highest BCUT2D eigenvalue weighted by atomic mass is 32.2. The minimum Gasteiger partial charge on any atom is -0.466 e. The molecule has 192 valence electrons. The van der Waals surface area contributed by atoms with Gasteiger partial charge in [-0.3, -0.25) is 9.59 Å². The van der Waals surface area contributed by atoms with E-state index in [4.69, 9.17) is 4.74 Å². The number of carbonyl (C=O) groups excluding carboxylic acids is 2. The van der Waals surface area contributed by atoms with Crippen molar-refractivity contribution in [1.29, 1.82) is 0 Å². The van der Waals surface area contributed by atoms with Gasteiger partial charge < -0.3 is 9.84 Å². The van der Waals surface area contributed by atoms with Crippen LogP contribution in [0.2, 0.25) is 0 Å². The summed E-state index contributed by atoms with van der Waals surface area (Å²) in [7, 11) is -2.29. The van der Waals surface area contributed by atoms with E-state index in [1.54, 1.807) is 6.92 Å². The van der Waals surface area contributed by atoms with Gasteiger partial charge in [-0.05, 0) is 49.9 Å². The van der Waals surface area contributed by atoms with Crippen molar-refractivity contribution in [3.8, 4) is 11.3 Å². The summed E-state index contributed by atoms with van der Waals surface area (Å²) in [6, 6.07) is 5.63. The van der Waals surface area contributed by atoms with Gasteiger partial charge >= 0.3 is 5.97 Å². The molecule has 1 N–H and O–H groups in total. The van der Waals surface area contributed by atoms with Crippen LogP contribution in [0.3, 0.4) is 0 Å². The Morgan fingerprint density at radius 3 is 2.34 bits per heavy atom. The maximum atomic E-state index is 13.6. The molecule has 2 rings (SSSR count). The molecule has 0 saturated heterocycles. The number of nitrogens with zero attached hydrogens (tertiary/aromatic N) is 3. The number of halogens is 1. The molecule has 35 heavy (non-hydrogen) atoms. The van der Waals surface area contributed by atoms with Gasteiger partial charge in [-0.2, -0.15) is 0 Å². The van der Waals surface area contributed by atoms with Gasteiger partial charge in [0.25, 0.3) is 0 Å². The van der Waals surface area contributed by atoms with Crippen molar-refractivity contribution in [3.63, 3.8) is 0 Å². The average Bonchev–Trinajstić information content (AvgIpc) is 2.76. The summed E-state index contributed by atoms with van der Waals surface area (Å²) in [5.74, 6) is -1.65. The quantitative estimate of drug-likeness (QED) is 0.342. The fourth-order valence-electron chi connectivity index (χ4n) is 3.47. The third kappa shape index (κ3) is 8.07. The van der Waals surface area contributed by atoms with Gasteiger partial charge in [0, 0.05) is 24.6 Å². The number of rotatable bonds is 12. The molecule has 9 nitrogen and oxygen atoms in total. The fraction of sp³-hybridized carbons (Fsp3) is 0.500. The van der Waals surface area contributed by atoms with Crippen molar-refractivity contribution in [2.45, 2.75) is 58.5 Å². The number of esters is 1. The maximum Gasteiger partial charge on any atom is 0.313 e. The van der Waals surface area contributed by atoms with Crippen LogP contribution in [0.25, 0.3) is 11.3 Å². The average molecular weight is 510 g/mol. The summed E-state index contributed by atoms with van der Waals surface area (Å²) in [5.41, 5.74) is 2.21. The van der Waals surface area contributed by atoms with E-state index >= 15 is 0 Å². The molecule has 0 fully saturated rings. The number of aliphatic hydroxyl groups excluding tert-OH is 1. The summed E-state index contributed by atoms with van der Waals surface area (Å²) < 4.78 is 43.6. The molecule has 1 aromatic heterocycles. The van der Waals surface area contributed by atoms with Gasteiger partial charge in [-0.25, -0.2) is 27.1 Å². The highest BCUT2D eigenvalue weighted by Gasteiger charge is 2.24. The second-order valence-corrected chi connectivity index (χ2v) is 10.6. The van der Waals surface area contributed by atoms with E-state index in [1.165, 1.54) is 31.3 Å². The lowest BCUT2D eigenvalue weighted by molar-refractivity contribution is -0.145. The first-order chi connectivity index (χ1) is 16.3. The summed E-state index contributed by atoms with van der Waals surface area (Å²) in [4.78, 5) is 32.6. The predicted molar refractivity (Wildman–Crippen MR) is 130 cm³/mol. The third-order valence-corrected chi connectivity index (χ3v) is 6.47. The van der Waals surface area contributed by atoms with Gasteiger partial charge in [-0.15, -0.1) is 0 Å². The zero-order valence-electron chi connectivity index (χ0n) is 20.6. The highest BCUT2D eigenvalue weighted by Crippen LogP contribution is 2.32. The van der Waals surface area contributed by atoms with Gasteiger partial charge in [0.1, 0.15) is 18.0 Å². The van der Waals surface area contributed by atoms with Crippen LogP contribution < -0.4 is 4.31 Å². The lowest BCUT2D eigenvalue weighted by atomic mass is 9.93. The molecule has 0 radical (unpaired) electrons. The molecular formula is C24H32FN3O6S. The predicted octanol–water partition coefficient (Wildman–Crippen LogP) is 3.01. The fourth-order valence-corrected chi connectivity index (χ4v) is 3.85. The zero-order valence-corrected chi connectivity index (χ0v) is 21.4. The van der Waals surface area contributed by atoms with Crippen molar-refractivity contribution >= 4 is 27.7 Å². The molecule has 0 unspecified atom stereocenters. The van der Waals surface area contributed by atoms with Gasteiger partial charge in [0.2, 0.25) is 16.0 Å². The first-order valence-corrected chi connectivity index (χ1v) is 13.1. The Balaban J connectivity index is 2.42. The Hall–Kier alpha value is -2.92. The summed E-state index contributed by atoms with van der Waals surface area (Å²) in [5, 5.41) is 10.4. The SMILES string of the molecule is CCOC(=O)CC(=O)C[C@@H](O)CCc1c(-c2ccc(F)cc2)nc(N(C)S(C)(=O)=O)nc1C(C)C. The molecule has 1 atom stereocenters. The molecule has 0 aliphatic carbocycles. The standard InChI is InChI=1S/C24H32FN3O6S/c1-6-34-21(31)14-19(30)13-18(29)11-12-20-22(15(2)3)26-24(28(4)35(5,32)33)27-23(20)16-7-9-17(25)10-8-16/h7-10,15,18,29H,6,11-14H2,1-5H3/t18-/m0/s1. The molecule has 0 bridgehead atoms. The lowest BCUT2D eigenvalue weighted by Crippen LogP contribution is -2.28. The van der Waals surface area contributed by atoms with Crippen LogP contribution in [0, 0.1) is 5.82 Å². The zero-order chi connectivity index (χ0) is 26.3. The molecule has 1 aromatic carbocycles. The molecular weight excluding hydrogens is 477 g/mol. The Kier molecular flexibility index (Phi) is 9.84. The Labute approximate surface area is 205 Å². The van der Waals surface area contributed by atoms with Crippen LogP contribution in [0.5, 0.6) is 0 Å². The molecule has 0 amide bonds. The first-order valence-electron chi connectivity index (χ1n) is 11.3. The first kappa shape index (κ1) is 28.3. The Bertz CT molecular complexity index is 1150. The van der Waals surface area contributed by atoms with Crippen molar-refractivity contribution in [3.05, 3.63) is 41.3 Å². The van der Waals surface area contributed by atoms with Crippen molar-refractivity contribution in [1.82, 2.24) is 9.97 Å². The topological polar surface area (TPSA) is 127 Å². The number of aromatic nitrogens is 2. The Morgan fingerprint density at radius 2 is 1.80 bits per heavy atom. The van der Waals surface area contributed by atoms with Crippen molar-refractivity contribution in [2.75, 3.05) is 24.2 Å². The third-order valence-electron chi connectivity index (χ3n) is 5.31. The molecule has 0 aliphatic heterocycles. The number of Topliss-reactive ketones (excluding diaryl/α,β-unsaturated/α-hetero) is 1. The number of hydrogen-bond acceptors (Lipinski definition) is 8. The number of ether oxygens (including phenoxy) is 1. The summed E-state index contributed by atoms with van der Waals surface area (Å²) >= 11 is 0. The van der Waals surface area contributed by atoms with Crippen LogP contribution in [0.4, 0.5) is 10.3 Å². The Morgan fingerprint density at radius 1 is 1.17 bits per heavy atom. The monoisotopic (exact) mass is 509 g/mol. The van der Waals surface area contributed by atoms with Crippen LogP contribution in [0.15, 0.2) is 24.3 Å². The minimum absolute atomic E-state index is 0.0237. The smallest absolute Gasteiger partial charge is 0.313 e. The molecule has 11 heteroatoms. The van der Waals surface area contributed by atoms with E-state index in [9.17, 15) is 27.5 Å². The summed E-state index contributed by atoms with van der Waals surface area (Å²) in [6.07, 6.45) is -0.142. The molecule has 1 heterocycles. The van der Waals surface area contributed by atoms with E-state index in [1.807, 2.05) is 13.8 Å². The van der Waals surface area contributed by atoms with E-state index in [0.29, 0.717) is 22.5 Å². The van der Waals surface area contributed by atoms with Crippen LogP contribution >= 0.6 is 0 Å². The molecule has 0 saturated carbocycles. The number of benzene rings is 1.